The van der Waals surface area contributed by atoms with Gasteiger partial charge in [0.2, 0.25) is 5.85 Å². The van der Waals surface area contributed by atoms with Gasteiger partial charge in [-0.15, -0.1) is 0 Å². The van der Waals surface area contributed by atoms with E-state index in [2.05, 4.69) is 0 Å². The van der Waals surface area contributed by atoms with Gasteiger partial charge in [-0.25, -0.2) is 4.39 Å². The molecule has 1 nitrogen and oxygen atoms in total. The van der Waals surface area contributed by atoms with Crippen LogP contribution in [0.2, 0.25) is 0 Å². The molecule has 0 unspecified atom stereocenters. The number of halogens is 1. The van der Waals surface area contributed by atoms with Gasteiger partial charge in [-0.1, -0.05) is 19.3 Å². The van der Waals surface area contributed by atoms with Crippen molar-refractivity contribution in [2.45, 2.75) is 50.8 Å². The van der Waals surface area contributed by atoms with Crippen molar-refractivity contribution < 1.29 is 9.50 Å². The monoisotopic (exact) mass is 146 g/mol. The van der Waals surface area contributed by atoms with E-state index in [1.54, 1.807) is 0 Å². The van der Waals surface area contributed by atoms with Crippen molar-refractivity contribution in [3.8, 4) is 0 Å². The maximum Gasteiger partial charge on any atom is 0.206 e. The van der Waals surface area contributed by atoms with Crippen molar-refractivity contribution >= 4 is 0 Å². The van der Waals surface area contributed by atoms with Gasteiger partial charge in [0.1, 0.15) is 0 Å². The molecule has 0 aromatic carbocycles. The van der Waals surface area contributed by atoms with E-state index >= 15 is 0 Å². The Morgan fingerprint density at radius 3 is 1.80 bits per heavy atom. The van der Waals surface area contributed by atoms with E-state index in [1.165, 1.54) is 6.42 Å². The van der Waals surface area contributed by atoms with Crippen LogP contribution in [0.4, 0.5) is 4.39 Å². The number of alkyl halides is 1. The highest BCUT2D eigenvalue weighted by molar-refractivity contribution is 4.67. The lowest BCUT2D eigenvalue weighted by Gasteiger charge is -2.20. The van der Waals surface area contributed by atoms with Crippen LogP contribution >= 0.6 is 0 Å². The Hall–Kier alpha value is -0.110. The maximum atomic E-state index is 12.9. The summed E-state index contributed by atoms with van der Waals surface area (Å²) < 4.78 is 12.9. The molecular weight excluding hydrogens is 131 g/mol. The summed E-state index contributed by atoms with van der Waals surface area (Å²) in [5.74, 6) is -1.85. The van der Waals surface area contributed by atoms with Gasteiger partial charge in [-0.05, 0) is 12.8 Å². The Kier molecular flexibility index (Phi) is 2.66. The van der Waals surface area contributed by atoms with Crippen molar-refractivity contribution in [2.75, 3.05) is 0 Å². The van der Waals surface area contributed by atoms with E-state index in [0.717, 1.165) is 25.7 Å². The van der Waals surface area contributed by atoms with E-state index < -0.39 is 5.85 Å². The molecule has 10 heavy (non-hydrogen) atoms. The highest BCUT2D eigenvalue weighted by Crippen LogP contribution is 2.26. The zero-order valence-electron chi connectivity index (χ0n) is 6.27. The standard InChI is InChI=1S/C8H15FO/c9-8(10)6-4-2-1-3-5-7-8/h10H,1-7H2. The van der Waals surface area contributed by atoms with Gasteiger partial charge in [0.25, 0.3) is 0 Å². The minimum atomic E-state index is -1.85. The summed E-state index contributed by atoms with van der Waals surface area (Å²) in [7, 11) is 0. The third kappa shape index (κ3) is 2.65. The molecule has 2 heteroatoms. The maximum absolute atomic E-state index is 12.9. The molecule has 0 atom stereocenters. The quantitative estimate of drug-likeness (QED) is 0.556. The molecule has 0 saturated heterocycles. The molecule has 0 aromatic rings. The summed E-state index contributed by atoms with van der Waals surface area (Å²) in [5, 5.41) is 9.01. The fourth-order valence-corrected chi connectivity index (χ4v) is 1.45. The molecule has 0 aliphatic heterocycles. The molecule has 1 fully saturated rings. The lowest BCUT2D eigenvalue weighted by molar-refractivity contribution is -0.105. The fourth-order valence-electron chi connectivity index (χ4n) is 1.45. The van der Waals surface area contributed by atoms with E-state index in [4.69, 9.17) is 5.11 Å². The minimum Gasteiger partial charge on any atom is -0.362 e. The Bertz CT molecular complexity index is 91.4. The predicted molar refractivity (Wildman–Crippen MR) is 38.4 cm³/mol. The minimum absolute atomic E-state index is 0.340. The molecular formula is C8H15FO. The molecule has 1 aliphatic rings. The number of hydrogen-bond donors (Lipinski definition) is 1. The molecule has 0 bridgehead atoms. The normalized spacial score (nSPS) is 27.0. The third-order valence-electron chi connectivity index (χ3n) is 2.12. The second kappa shape index (κ2) is 3.33. The number of rotatable bonds is 0. The van der Waals surface area contributed by atoms with Crippen LogP contribution in [-0.4, -0.2) is 11.0 Å². The second-order valence-electron chi connectivity index (χ2n) is 3.19. The first-order valence-corrected chi connectivity index (χ1v) is 4.12. The molecule has 1 aliphatic carbocycles. The van der Waals surface area contributed by atoms with E-state index in [0.29, 0.717) is 12.8 Å². The van der Waals surface area contributed by atoms with Gasteiger partial charge < -0.3 is 5.11 Å². The molecule has 0 radical (unpaired) electrons. The molecule has 0 amide bonds. The molecule has 1 saturated carbocycles. The van der Waals surface area contributed by atoms with Crippen LogP contribution in [0.25, 0.3) is 0 Å². The summed E-state index contributed by atoms with van der Waals surface area (Å²) in [4.78, 5) is 0. The van der Waals surface area contributed by atoms with Gasteiger partial charge >= 0.3 is 0 Å². The average molecular weight is 146 g/mol. The van der Waals surface area contributed by atoms with Crippen molar-refractivity contribution in [1.82, 2.24) is 0 Å². The average Bonchev–Trinajstić information content (AvgIpc) is 1.81. The van der Waals surface area contributed by atoms with Crippen molar-refractivity contribution in [3.05, 3.63) is 0 Å². The van der Waals surface area contributed by atoms with E-state index in [1.807, 2.05) is 0 Å². The largest absolute Gasteiger partial charge is 0.362 e. The summed E-state index contributed by atoms with van der Waals surface area (Å²) >= 11 is 0. The molecule has 1 N–H and O–H groups in total. The van der Waals surface area contributed by atoms with Gasteiger partial charge in [0.15, 0.2) is 0 Å². The van der Waals surface area contributed by atoms with Gasteiger partial charge in [0, 0.05) is 12.8 Å². The summed E-state index contributed by atoms with van der Waals surface area (Å²) in [5.41, 5.74) is 0. The first-order chi connectivity index (χ1) is 4.71. The predicted octanol–water partition coefficient (Wildman–Crippen LogP) is 2.39. The molecule has 0 aromatic heterocycles. The Balaban J connectivity index is 2.30. The van der Waals surface area contributed by atoms with Crippen molar-refractivity contribution in [3.63, 3.8) is 0 Å². The molecule has 0 heterocycles. The molecule has 60 valence electrons. The van der Waals surface area contributed by atoms with E-state index in [9.17, 15) is 4.39 Å². The lowest BCUT2D eigenvalue weighted by Crippen LogP contribution is -2.22. The van der Waals surface area contributed by atoms with Gasteiger partial charge in [0.05, 0.1) is 0 Å². The van der Waals surface area contributed by atoms with Crippen LogP contribution in [-0.2, 0) is 0 Å². The van der Waals surface area contributed by atoms with Crippen LogP contribution in [0.5, 0.6) is 0 Å². The first-order valence-electron chi connectivity index (χ1n) is 4.12. The topological polar surface area (TPSA) is 20.2 Å². The van der Waals surface area contributed by atoms with Crippen LogP contribution in [0, 0.1) is 0 Å². The Labute approximate surface area is 61.2 Å². The van der Waals surface area contributed by atoms with Crippen LogP contribution in [0.1, 0.15) is 44.9 Å². The molecule has 1 rings (SSSR count). The zero-order valence-corrected chi connectivity index (χ0v) is 6.27. The number of aliphatic hydroxyl groups is 1. The van der Waals surface area contributed by atoms with Crippen LogP contribution in [0.15, 0.2) is 0 Å². The SMILES string of the molecule is OC1(F)CCCCCCC1. The van der Waals surface area contributed by atoms with E-state index in [-0.39, 0.29) is 0 Å². The smallest absolute Gasteiger partial charge is 0.206 e. The van der Waals surface area contributed by atoms with Gasteiger partial charge in [-0.3, -0.25) is 0 Å². The molecule has 0 spiro atoms. The summed E-state index contributed by atoms with van der Waals surface area (Å²) in [6.07, 6.45) is 5.72. The zero-order chi connectivity index (χ0) is 7.45. The van der Waals surface area contributed by atoms with Gasteiger partial charge in [-0.2, -0.15) is 0 Å². The van der Waals surface area contributed by atoms with Crippen LogP contribution < -0.4 is 0 Å². The Morgan fingerprint density at radius 1 is 0.900 bits per heavy atom. The number of hydrogen-bond acceptors (Lipinski definition) is 1. The Morgan fingerprint density at radius 2 is 1.30 bits per heavy atom. The third-order valence-corrected chi connectivity index (χ3v) is 2.12. The first kappa shape index (κ1) is 7.99. The van der Waals surface area contributed by atoms with Crippen molar-refractivity contribution in [2.24, 2.45) is 0 Å². The van der Waals surface area contributed by atoms with Crippen LogP contribution in [0.3, 0.4) is 0 Å². The lowest BCUT2D eigenvalue weighted by atomic mass is 9.97. The fraction of sp³-hybridized carbons (Fsp3) is 1.00. The summed E-state index contributed by atoms with van der Waals surface area (Å²) in [6, 6.07) is 0. The van der Waals surface area contributed by atoms with Crippen molar-refractivity contribution in [1.29, 1.82) is 0 Å². The summed E-state index contributed by atoms with van der Waals surface area (Å²) in [6.45, 7) is 0. The second-order valence-corrected chi connectivity index (χ2v) is 3.19. The highest BCUT2D eigenvalue weighted by atomic mass is 19.2. The highest BCUT2D eigenvalue weighted by Gasteiger charge is 2.25.